The normalized spacial score (nSPS) is 13.7. The molecule has 0 aliphatic carbocycles. The summed E-state index contributed by atoms with van der Waals surface area (Å²) >= 11 is 5.88. The third-order valence-corrected chi connectivity index (χ3v) is 6.21. The predicted octanol–water partition coefficient (Wildman–Crippen LogP) is 4.06. The van der Waals surface area contributed by atoms with Crippen LogP contribution in [0.25, 0.3) is 0 Å². The van der Waals surface area contributed by atoms with Crippen molar-refractivity contribution in [2.75, 3.05) is 36.8 Å². The van der Waals surface area contributed by atoms with Crippen LogP contribution in [0, 0.1) is 11.6 Å². The van der Waals surface area contributed by atoms with E-state index in [0.717, 1.165) is 50.7 Å². The van der Waals surface area contributed by atoms with Gasteiger partial charge in [0.2, 0.25) is 0 Å². The van der Waals surface area contributed by atoms with E-state index in [1.165, 1.54) is 30.9 Å². The maximum Gasteiger partial charge on any atom is 0.276 e. The van der Waals surface area contributed by atoms with Gasteiger partial charge >= 0.3 is 0 Å². The first kappa shape index (κ1) is 26.2. The highest BCUT2D eigenvalue weighted by molar-refractivity contribution is 6.34. The molecule has 2 aromatic carbocycles. The molecule has 0 atom stereocenters. The summed E-state index contributed by atoms with van der Waals surface area (Å²) in [6.45, 7) is 3.16. The van der Waals surface area contributed by atoms with Crippen LogP contribution in [-0.2, 0) is 0 Å². The Hall–Kier alpha value is -3.83. The molecule has 1 aliphatic heterocycles. The van der Waals surface area contributed by atoms with Gasteiger partial charge in [0.25, 0.3) is 17.7 Å². The van der Waals surface area contributed by atoms with Crippen molar-refractivity contribution in [3.05, 3.63) is 76.3 Å². The quantitative estimate of drug-likeness (QED) is 0.350. The first-order valence-corrected chi connectivity index (χ1v) is 12.1. The number of imidazole rings is 1. The highest BCUT2D eigenvalue weighted by Crippen LogP contribution is 2.23. The zero-order chi connectivity index (χ0) is 26.4. The second kappa shape index (κ2) is 11.9. The van der Waals surface area contributed by atoms with Crippen LogP contribution in [0.2, 0.25) is 5.02 Å². The van der Waals surface area contributed by atoms with Crippen LogP contribution in [0.1, 0.15) is 50.6 Å². The standard InChI is InChI=1S/C25H25ClF2N6O3/c26-18-12-15(27)4-6-17(18)23(35)33-20-7-5-16(13-19(20)28)32-25(37)22-21(30-14-31-22)24(36)29-8-11-34-9-2-1-3-10-34/h4-7,12-14H,1-3,8-11H2,(H,29,36)(H,30,31)(H,32,37)(H,33,35). The minimum absolute atomic E-state index is 0.00308. The molecule has 0 unspecified atom stereocenters. The maximum absolute atomic E-state index is 14.6. The molecule has 0 bridgehead atoms. The van der Waals surface area contributed by atoms with Gasteiger partial charge in [-0.3, -0.25) is 14.4 Å². The molecule has 1 fully saturated rings. The Balaban J connectivity index is 1.35. The van der Waals surface area contributed by atoms with Gasteiger partial charge in [-0.25, -0.2) is 13.8 Å². The SMILES string of the molecule is O=C(Nc1ccc(NC(=O)c2nc[nH]c2C(=O)NCCN2CCCCC2)cc1F)c1ccc(F)cc1Cl. The number of benzene rings is 2. The van der Waals surface area contributed by atoms with Crippen LogP contribution in [-0.4, -0.2) is 58.8 Å². The van der Waals surface area contributed by atoms with Crippen molar-refractivity contribution in [3.63, 3.8) is 0 Å². The van der Waals surface area contributed by atoms with Crippen molar-refractivity contribution in [1.29, 1.82) is 0 Å². The molecule has 4 rings (SSSR count). The number of aromatic nitrogens is 2. The Morgan fingerprint density at radius 2 is 1.76 bits per heavy atom. The third kappa shape index (κ3) is 6.69. The topological polar surface area (TPSA) is 119 Å². The molecule has 9 nitrogen and oxygen atoms in total. The maximum atomic E-state index is 14.6. The van der Waals surface area contributed by atoms with Crippen molar-refractivity contribution in [1.82, 2.24) is 20.2 Å². The van der Waals surface area contributed by atoms with Crippen molar-refractivity contribution in [3.8, 4) is 0 Å². The number of nitrogens with one attached hydrogen (secondary N) is 4. The highest BCUT2D eigenvalue weighted by atomic mass is 35.5. The summed E-state index contributed by atoms with van der Waals surface area (Å²) in [7, 11) is 0. The summed E-state index contributed by atoms with van der Waals surface area (Å²) in [5.41, 5.74) is -0.257. The van der Waals surface area contributed by atoms with Gasteiger partial charge in [0, 0.05) is 18.8 Å². The molecule has 3 aromatic rings. The fourth-order valence-corrected chi connectivity index (χ4v) is 4.24. The summed E-state index contributed by atoms with van der Waals surface area (Å²) in [5.74, 6) is -3.35. The number of amides is 3. The van der Waals surface area contributed by atoms with Crippen LogP contribution in [0.5, 0.6) is 0 Å². The minimum atomic E-state index is -0.831. The van der Waals surface area contributed by atoms with E-state index in [0.29, 0.717) is 6.54 Å². The van der Waals surface area contributed by atoms with Crippen LogP contribution in [0.15, 0.2) is 42.7 Å². The zero-order valence-corrected chi connectivity index (χ0v) is 20.5. The van der Waals surface area contributed by atoms with E-state index in [4.69, 9.17) is 11.6 Å². The molecule has 1 aliphatic rings. The Morgan fingerprint density at radius 3 is 2.49 bits per heavy atom. The lowest BCUT2D eigenvalue weighted by molar-refractivity contribution is 0.0929. The number of nitrogens with zero attached hydrogens (tertiary/aromatic N) is 2. The second-order valence-corrected chi connectivity index (χ2v) is 8.92. The molecule has 0 saturated carbocycles. The fourth-order valence-electron chi connectivity index (χ4n) is 3.99. The Kier molecular flexibility index (Phi) is 8.47. The number of H-pyrrole nitrogens is 1. The van der Waals surface area contributed by atoms with E-state index in [1.54, 1.807) is 0 Å². The number of rotatable bonds is 8. The number of aromatic amines is 1. The summed E-state index contributed by atoms with van der Waals surface area (Å²) in [6.07, 6.45) is 4.75. The highest BCUT2D eigenvalue weighted by Gasteiger charge is 2.21. The van der Waals surface area contributed by atoms with Crippen molar-refractivity contribution >= 4 is 40.7 Å². The minimum Gasteiger partial charge on any atom is -0.349 e. The Labute approximate surface area is 216 Å². The van der Waals surface area contributed by atoms with E-state index in [-0.39, 0.29) is 33.3 Å². The van der Waals surface area contributed by atoms with Crippen LogP contribution < -0.4 is 16.0 Å². The van der Waals surface area contributed by atoms with Gasteiger partial charge in [-0.2, -0.15) is 0 Å². The van der Waals surface area contributed by atoms with Gasteiger partial charge in [0.05, 0.1) is 22.6 Å². The van der Waals surface area contributed by atoms with Gasteiger partial charge in [0.15, 0.2) is 5.69 Å². The summed E-state index contributed by atoms with van der Waals surface area (Å²) in [4.78, 5) is 46.6. The van der Waals surface area contributed by atoms with Crippen molar-refractivity contribution in [2.45, 2.75) is 19.3 Å². The predicted molar refractivity (Wildman–Crippen MR) is 135 cm³/mol. The van der Waals surface area contributed by atoms with E-state index < -0.39 is 29.4 Å². The molecule has 0 radical (unpaired) electrons. The number of anilines is 2. The third-order valence-electron chi connectivity index (χ3n) is 5.89. The number of carbonyl (C=O) groups is 3. The molecule has 0 spiro atoms. The van der Waals surface area contributed by atoms with Gasteiger partial charge in [-0.1, -0.05) is 18.0 Å². The summed E-state index contributed by atoms with van der Waals surface area (Å²) in [6, 6.07) is 6.85. The number of halogens is 3. The monoisotopic (exact) mass is 530 g/mol. The van der Waals surface area contributed by atoms with Crippen molar-refractivity contribution in [2.24, 2.45) is 0 Å². The Bertz CT molecular complexity index is 1310. The number of likely N-dealkylation sites (tertiary alicyclic amines) is 1. The van der Waals surface area contributed by atoms with E-state index in [2.05, 4.69) is 30.8 Å². The summed E-state index contributed by atoms with van der Waals surface area (Å²) in [5, 5.41) is 7.51. The molecule has 1 aromatic heterocycles. The molecule has 1 saturated heterocycles. The first-order chi connectivity index (χ1) is 17.8. The lowest BCUT2D eigenvalue weighted by atomic mass is 10.1. The molecule has 194 valence electrons. The molecule has 3 amide bonds. The lowest BCUT2D eigenvalue weighted by Crippen LogP contribution is -2.38. The van der Waals surface area contributed by atoms with Crippen molar-refractivity contribution < 1.29 is 23.2 Å². The first-order valence-electron chi connectivity index (χ1n) is 11.7. The Morgan fingerprint density at radius 1 is 0.973 bits per heavy atom. The molecule has 12 heteroatoms. The fraction of sp³-hybridized carbons (Fsp3) is 0.280. The van der Waals surface area contributed by atoms with E-state index >= 15 is 0 Å². The molecule has 37 heavy (non-hydrogen) atoms. The summed E-state index contributed by atoms with van der Waals surface area (Å²) < 4.78 is 27.8. The van der Waals surface area contributed by atoms with Crippen LogP contribution in [0.3, 0.4) is 0 Å². The van der Waals surface area contributed by atoms with Gasteiger partial charge in [-0.15, -0.1) is 0 Å². The second-order valence-electron chi connectivity index (χ2n) is 8.51. The average Bonchev–Trinajstić information content (AvgIpc) is 3.37. The van der Waals surface area contributed by atoms with E-state index in [1.807, 2.05) is 0 Å². The van der Waals surface area contributed by atoms with Gasteiger partial charge in [0.1, 0.15) is 17.3 Å². The van der Waals surface area contributed by atoms with E-state index in [9.17, 15) is 23.2 Å². The van der Waals surface area contributed by atoms with Crippen LogP contribution >= 0.6 is 11.6 Å². The van der Waals surface area contributed by atoms with Gasteiger partial charge < -0.3 is 25.8 Å². The number of hydrogen-bond donors (Lipinski definition) is 4. The van der Waals surface area contributed by atoms with Gasteiger partial charge in [-0.05, 0) is 62.3 Å². The molecular formula is C25H25ClF2N6O3. The number of carbonyl (C=O) groups excluding carboxylic acids is 3. The molecular weight excluding hydrogens is 506 g/mol. The smallest absolute Gasteiger partial charge is 0.276 e. The largest absolute Gasteiger partial charge is 0.349 e. The van der Waals surface area contributed by atoms with Crippen LogP contribution in [0.4, 0.5) is 20.2 Å². The molecule has 4 N–H and O–H groups in total. The average molecular weight is 531 g/mol. The number of piperidine rings is 1. The molecule has 2 heterocycles. The lowest BCUT2D eigenvalue weighted by Gasteiger charge is -2.26. The zero-order valence-electron chi connectivity index (χ0n) is 19.7. The number of hydrogen-bond acceptors (Lipinski definition) is 5.